The molecule has 0 unspecified atom stereocenters. The summed E-state index contributed by atoms with van der Waals surface area (Å²) in [6, 6.07) is 18.5. The van der Waals surface area contributed by atoms with Crippen LogP contribution in [0.15, 0.2) is 79.9 Å². The van der Waals surface area contributed by atoms with Gasteiger partial charge in [0.25, 0.3) is 0 Å². The molecule has 9 nitrogen and oxygen atoms in total. The lowest BCUT2D eigenvalue weighted by atomic mass is 9.95. The Labute approximate surface area is 231 Å². The van der Waals surface area contributed by atoms with Crippen molar-refractivity contribution < 1.29 is 9.53 Å². The molecule has 1 saturated heterocycles. The minimum atomic E-state index is -0.539. The summed E-state index contributed by atoms with van der Waals surface area (Å²) in [6.07, 6.45) is 7.27. The van der Waals surface area contributed by atoms with E-state index in [9.17, 15) is 10.1 Å². The molecule has 0 bridgehead atoms. The Kier molecular flexibility index (Phi) is 6.38. The fourth-order valence-corrected chi connectivity index (χ4v) is 5.16. The molecule has 2 N–H and O–H groups in total. The fourth-order valence-electron chi connectivity index (χ4n) is 5.16. The highest BCUT2D eigenvalue weighted by molar-refractivity contribution is 6.19. The lowest BCUT2D eigenvalue weighted by Crippen LogP contribution is -2.37. The summed E-state index contributed by atoms with van der Waals surface area (Å²) < 4.78 is 9.04. The van der Waals surface area contributed by atoms with Crippen molar-refractivity contribution in [3.05, 3.63) is 91.0 Å². The monoisotopic (exact) mass is 529 g/mol. The van der Waals surface area contributed by atoms with Crippen LogP contribution in [-0.4, -0.2) is 51.6 Å². The first kappa shape index (κ1) is 25.1. The Hall–Kier alpha value is -5.20. The van der Waals surface area contributed by atoms with Crippen LogP contribution in [-0.2, 0) is 16.6 Å². The van der Waals surface area contributed by atoms with Crippen LogP contribution in [0.25, 0.3) is 44.5 Å². The van der Waals surface area contributed by atoms with E-state index in [1.807, 2.05) is 37.8 Å². The minimum absolute atomic E-state index is 0.287. The number of benzene rings is 2. The normalized spacial score (nSPS) is 13.3. The zero-order valence-corrected chi connectivity index (χ0v) is 22.0. The van der Waals surface area contributed by atoms with Gasteiger partial charge in [-0.15, -0.1) is 0 Å². The molecule has 0 atom stereocenters. The molecule has 3 aromatic heterocycles. The number of rotatable bonds is 6. The Morgan fingerprint density at radius 1 is 0.950 bits per heavy atom. The van der Waals surface area contributed by atoms with Crippen molar-refractivity contribution in [2.75, 3.05) is 31.2 Å². The van der Waals surface area contributed by atoms with E-state index in [0.717, 1.165) is 63.2 Å². The van der Waals surface area contributed by atoms with Crippen molar-refractivity contribution in [2.24, 2.45) is 12.8 Å². The number of fused-ring (bicyclic) bond motifs is 1. The SMILES string of the molecule is C=C(C(N)=O)c1ccc(-c2ccc(-c3cc(-c4cnn(C)c4)cn4ncc(C#N)c34)cc2)cc1N1CCOCC1. The summed E-state index contributed by atoms with van der Waals surface area (Å²) in [5, 5.41) is 18.5. The summed E-state index contributed by atoms with van der Waals surface area (Å²) in [4.78, 5) is 14.1. The Morgan fingerprint density at radius 2 is 1.68 bits per heavy atom. The maximum absolute atomic E-state index is 11.9. The molecule has 1 amide bonds. The molecule has 0 radical (unpaired) electrons. The maximum atomic E-state index is 11.9. The van der Waals surface area contributed by atoms with Gasteiger partial charge in [-0.2, -0.15) is 15.5 Å². The number of ether oxygens (including phenoxy) is 1. The molecular formula is C31H27N7O2. The van der Waals surface area contributed by atoms with Crippen LogP contribution < -0.4 is 10.6 Å². The predicted octanol–water partition coefficient (Wildman–Crippen LogP) is 4.28. The highest BCUT2D eigenvalue weighted by Gasteiger charge is 2.20. The van der Waals surface area contributed by atoms with Gasteiger partial charge in [0.1, 0.15) is 6.07 Å². The number of primary amides is 1. The van der Waals surface area contributed by atoms with Gasteiger partial charge >= 0.3 is 0 Å². The van der Waals surface area contributed by atoms with Gasteiger partial charge in [0.05, 0.1) is 36.7 Å². The van der Waals surface area contributed by atoms with E-state index in [1.165, 1.54) is 0 Å². The molecule has 1 aliphatic heterocycles. The topological polar surface area (TPSA) is 114 Å². The summed E-state index contributed by atoms with van der Waals surface area (Å²) in [7, 11) is 1.88. The van der Waals surface area contributed by atoms with Gasteiger partial charge in [-0.05, 0) is 28.8 Å². The molecule has 4 heterocycles. The maximum Gasteiger partial charge on any atom is 0.248 e. The van der Waals surface area contributed by atoms with Crippen LogP contribution in [0.1, 0.15) is 11.1 Å². The first-order valence-corrected chi connectivity index (χ1v) is 12.9. The predicted molar refractivity (Wildman–Crippen MR) is 154 cm³/mol. The van der Waals surface area contributed by atoms with Crippen molar-refractivity contribution in [1.82, 2.24) is 19.4 Å². The second kappa shape index (κ2) is 10.2. The second-order valence-electron chi connectivity index (χ2n) is 9.76. The van der Waals surface area contributed by atoms with Crippen molar-refractivity contribution >= 4 is 22.7 Å². The second-order valence-corrected chi connectivity index (χ2v) is 9.76. The quantitative estimate of drug-likeness (QED) is 0.329. The molecule has 1 fully saturated rings. The zero-order valence-electron chi connectivity index (χ0n) is 22.0. The number of nitrogens with zero attached hydrogens (tertiary/aromatic N) is 6. The molecule has 5 aromatic rings. The summed E-state index contributed by atoms with van der Waals surface area (Å²) in [6.45, 7) is 6.60. The lowest BCUT2D eigenvalue weighted by molar-refractivity contribution is -0.112. The number of amides is 1. The number of pyridine rings is 1. The van der Waals surface area contributed by atoms with Crippen molar-refractivity contribution in [3.8, 4) is 39.4 Å². The molecule has 40 heavy (non-hydrogen) atoms. The number of anilines is 1. The van der Waals surface area contributed by atoms with Gasteiger partial charge in [-0.3, -0.25) is 9.48 Å². The van der Waals surface area contributed by atoms with Crippen LogP contribution in [0.3, 0.4) is 0 Å². The first-order chi connectivity index (χ1) is 19.4. The lowest BCUT2D eigenvalue weighted by Gasteiger charge is -2.31. The number of aromatic nitrogens is 4. The molecule has 0 saturated carbocycles. The molecular weight excluding hydrogens is 502 g/mol. The number of carbonyl (C=O) groups is 1. The molecule has 1 aliphatic rings. The van der Waals surface area contributed by atoms with E-state index in [2.05, 4.69) is 64.1 Å². The number of morpholine rings is 1. The van der Waals surface area contributed by atoms with Gasteiger partial charge in [0.2, 0.25) is 5.91 Å². The number of nitrogens with two attached hydrogens (primary N) is 1. The molecule has 198 valence electrons. The molecule has 2 aromatic carbocycles. The van der Waals surface area contributed by atoms with E-state index in [0.29, 0.717) is 18.8 Å². The number of nitriles is 1. The minimum Gasteiger partial charge on any atom is -0.378 e. The van der Waals surface area contributed by atoms with E-state index < -0.39 is 5.91 Å². The highest BCUT2D eigenvalue weighted by atomic mass is 16.5. The van der Waals surface area contributed by atoms with Crippen molar-refractivity contribution in [2.45, 2.75) is 0 Å². The summed E-state index contributed by atoms with van der Waals surface area (Å²) in [5.41, 5.74) is 14.6. The number of carbonyl (C=O) groups excluding carboxylic acids is 1. The third-order valence-corrected chi connectivity index (χ3v) is 7.27. The number of hydrogen-bond acceptors (Lipinski definition) is 6. The van der Waals surface area contributed by atoms with Gasteiger partial charge in [-0.1, -0.05) is 43.0 Å². The van der Waals surface area contributed by atoms with Gasteiger partial charge in [0, 0.05) is 66.0 Å². The van der Waals surface area contributed by atoms with Crippen molar-refractivity contribution in [3.63, 3.8) is 0 Å². The molecule has 0 spiro atoms. The fraction of sp³-hybridized carbons (Fsp3) is 0.161. The smallest absolute Gasteiger partial charge is 0.248 e. The third kappa shape index (κ3) is 4.51. The van der Waals surface area contributed by atoms with E-state index in [-0.39, 0.29) is 5.57 Å². The van der Waals surface area contributed by atoms with Crippen molar-refractivity contribution in [1.29, 1.82) is 5.26 Å². The average molecular weight is 530 g/mol. The number of aryl methyl sites for hydroxylation is 1. The molecule has 0 aliphatic carbocycles. The summed E-state index contributed by atoms with van der Waals surface area (Å²) in [5.74, 6) is -0.539. The van der Waals surface area contributed by atoms with Crippen LogP contribution in [0.4, 0.5) is 5.69 Å². The zero-order chi connectivity index (χ0) is 27.8. The van der Waals surface area contributed by atoms with Crippen LogP contribution in [0, 0.1) is 11.3 Å². The average Bonchev–Trinajstić information content (AvgIpc) is 3.62. The van der Waals surface area contributed by atoms with Crippen LogP contribution >= 0.6 is 0 Å². The van der Waals surface area contributed by atoms with E-state index >= 15 is 0 Å². The molecule has 9 heteroatoms. The van der Waals surface area contributed by atoms with Gasteiger partial charge in [0.15, 0.2) is 0 Å². The first-order valence-electron chi connectivity index (χ1n) is 12.9. The van der Waals surface area contributed by atoms with E-state index in [4.69, 9.17) is 10.5 Å². The standard InChI is InChI=1S/C31H27N7O2/c1-20(31(33)39)27-8-7-23(14-29(27)37-9-11-40-12-10-37)21-3-5-22(6-4-21)28-13-24(26-17-34-36(2)18-26)19-38-30(28)25(15-32)16-35-38/h3-8,13-14,16-19H,1,9-12H2,2H3,(H2,33,39). The van der Waals surface area contributed by atoms with Crippen LogP contribution in [0.5, 0.6) is 0 Å². The largest absolute Gasteiger partial charge is 0.378 e. The van der Waals surface area contributed by atoms with E-state index in [1.54, 1.807) is 15.4 Å². The Morgan fingerprint density at radius 3 is 2.35 bits per heavy atom. The summed E-state index contributed by atoms with van der Waals surface area (Å²) >= 11 is 0. The van der Waals surface area contributed by atoms with Gasteiger partial charge in [-0.25, -0.2) is 4.52 Å². The molecule has 6 rings (SSSR count). The van der Waals surface area contributed by atoms with Crippen LogP contribution in [0.2, 0.25) is 0 Å². The third-order valence-electron chi connectivity index (χ3n) is 7.27. The van der Waals surface area contributed by atoms with Gasteiger partial charge < -0.3 is 15.4 Å². The Balaban J connectivity index is 1.42. The Bertz CT molecular complexity index is 1800. The highest BCUT2D eigenvalue weighted by Crippen LogP contribution is 2.35. The number of hydrogen-bond donors (Lipinski definition) is 1.